The molecule has 0 aliphatic heterocycles. The van der Waals surface area contributed by atoms with Gasteiger partial charge in [-0.15, -0.1) is 0 Å². The van der Waals surface area contributed by atoms with Crippen molar-refractivity contribution in [3.05, 3.63) is 76.7 Å². The van der Waals surface area contributed by atoms with Crippen LogP contribution in [0.3, 0.4) is 0 Å². The fraction of sp³-hybridized carbons (Fsp3) is 0.227. The van der Waals surface area contributed by atoms with Gasteiger partial charge in [0.2, 0.25) is 5.88 Å². The van der Waals surface area contributed by atoms with Gasteiger partial charge in [0, 0.05) is 24.5 Å². The number of nitrogens with zero attached hydrogens (tertiary/aromatic N) is 1. The van der Waals surface area contributed by atoms with Gasteiger partial charge in [0.05, 0.1) is 12.7 Å². The van der Waals surface area contributed by atoms with Crippen molar-refractivity contribution in [2.45, 2.75) is 26.8 Å². The Bertz CT molecular complexity index is 1010. The first kappa shape index (κ1) is 20.1. The third-order valence-corrected chi connectivity index (χ3v) is 4.52. The van der Waals surface area contributed by atoms with Crippen LogP contribution in [0.2, 0.25) is 0 Å². The quantitative estimate of drug-likeness (QED) is 0.596. The van der Waals surface area contributed by atoms with Gasteiger partial charge in [-0.2, -0.15) is 0 Å². The second kappa shape index (κ2) is 9.05. The number of esters is 1. The SMILES string of the molecule is CCc1[nH]c(C(=O)NCc2ccnc(Oc3ccccc3)c2)c(C)c1C(=O)OC. The number of para-hydroxylation sites is 1. The number of ether oxygens (including phenoxy) is 2. The molecule has 3 rings (SSSR count). The smallest absolute Gasteiger partial charge is 0.339 e. The predicted octanol–water partition coefficient (Wildman–Crippen LogP) is 3.79. The lowest BCUT2D eigenvalue weighted by Crippen LogP contribution is -2.24. The van der Waals surface area contributed by atoms with Crippen molar-refractivity contribution in [2.75, 3.05) is 7.11 Å². The number of hydrogen-bond donors (Lipinski definition) is 2. The first-order chi connectivity index (χ1) is 14.0. The number of aryl methyl sites for hydroxylation is 1. The van der Waals surface area contributed by atoms with Gasteiger partial charge in [-0.3, -0.25) is 4.79 Å². The van der Waals surface area contributed by atoms with Crippen molar-refractivity contribution >= 4 is 11.9 Å². The maximum absolute atomic E-state index is 12.7. The average molecular weight is 393 g/mol. The maximum atomic E-state index is 12.7. The van der Waals surface area contributed by atoms with Gasteiger partial charge < -0.3 is 19.8 Å². The Hall–Kier alpha value is -3.61. The minimum Gasteiger partial charge on any atom is -0.465 e. The summed E-state index contributed by atoms with van der Waals surface area (Å²) in [5, 5.41) is 2.86. The van der Waals surface area contributed by atoms with Crippen LogP contribution in [0, 0.1) is 6.92 Å². The molecule has 0 spiro atoms. The summed E-state index contributed by atoms with van der Waals surface area (Å²) in [5.74, 6) is 0.382. The number of aromatic amines is 1. The van der Waals surface area contributed by atoms with Gasteiger partial charge in [-0.1, -0.05) is 25.1 Å². The highest BCUT2D eigenvalue weighted by molar-refractivity contribution is 6.00. The number of benzene rings is 1. The summed E-state index contributed by atoms with van der Waals surface area (Å²) in [5.41, 5.74) is 2.88. The highest BCUT2D eigenvalue weighted by Gasteiger charge is 2.23. The molecule has 7 heteroatoms. The third kappa shape index (κ3) is 4.63. The summed E-state index contributed by atoms with van der Waals surface area (Å²) in [6, 6.07) is 12.9. The summed E-state index contributed by atoms with van der Waals surface area (Å²) in [6.45, 7) is 3.93. The zero-order chi connectivity index (χ0) is 20.8. The number of carbonyl (C=O) groups excluding carboxylic acids is 2. The number of H-pyrrole nitrogens is 1. The molecule has 2 aromatic heterocycles. The van der Waals surface area contributed by atoms with Crippen LogP contribution >= 0.6 is 0 Å². The van der Waals surface area contributed by atoms with Gasteiger partial charge in [-0.05, 0) is 42.7 Å². The molecule has 0 atom stereocenters. The largest absolute Gasteiger partial charge is 0.465 e. The van der Waals surface area contributed by atoms with E-state index >= 15 is 0 Å². The Balaban J connectivity index is 1.70. The molecule has 0 saturated heterocycles. The fourth-order valence-corrected chi connectivity index (χ4v) is 3.03. The number of amides is 1. The molecule has 0 saturated carbocycles. The average Bonchev–Trinajstić information content (AvgIpc) is 3.09. The van der Waals surface area contributed by atoms with Crippen LogP contribution < -0.4 is 10.1 Å². The van der Waals surface area contributed by atoms with Crippen LogP contribution in [0.15, 0.2) is 48.7 Å². The normalized spacial score (nSPS) is 10.4. The highest BCUT2D eigenvalue weighted by Crippen LogP contribution is 2.21. The van der Waals surface area contributed by atoms with Crippen LogP contribution in [0.1, 0.15) is 44.6 Å². The molecular weight excluding hydrogens is 370 g/mol. The van der Waals surface area contributed by atoms with E-state index in [1.807, 2.05) is 37.3 Å². The molecule has 2 heterocycles. The Kier molecular flexibility index (Phi) is 6.29. The predicted molar refractivity (Wildman–Crippen MR) is 108 cm³/mol. The van der Waals surface area contributed by atoms with Crippen LogP contribution in [-0.2, 0) is 17.7 Å². The molecule has 1 amide bonds. The molecule has 0 radical (unpaired) electrons. The van der Waals surface area contributed by atoms with Crippen molar-refractivity contribution in [3.8, 4) is 11.6 Å². The van der Waals surface area contributed by atoms with Crippen LogP contribution in [-0.4, -0.2) is 29.0 Å². The van der Waals surface area contributed by atoms with E-state index in [1.165, 1.54) is 7.11 Å². The first-order valence-corrected chi connectivity index (χ1v) is 9.29. The lowest BCUT2D eigenvalue weighted by atomic mass is 10.1. The summed E-state index contributed by atoms with van der Waals surface area (Å²) < 4.78 is 10.6. The molecule has 150 valence electrons. The van der Waals surface area contributed by atoms with Crippen LogP contribution in [0.25, 0.3) is 0 Å². The Morgan fingerprint density at radius 3 is 2.62 bits per heavy atom. The molecule has 7 nitrogen and oxygen atoms in total. The van der Waals surface area contributed by atoms with E-state index in [0.717, 1.165) is 5.56 Å². The molecule has 1 aromatic carbocycles. The number of methoxy groups -OCH3 is 1. The highest BCUT2D eigenvalue weighted by atomic mass is 16.5. The van der Waals surface area contributed by atoms with E-state index in [2.05, 4.69) is 15.3 Å². The van der Waals surface area contributed by atoms with Crippen molar-refractivity contribution in [1.29, 1.82) is 0 Å². The number of carbonyl (C=O) groups is 2. The molecule has 0 aliphatic carbocycles. The van der Waals surface area contributed by atoms with E-state index < -0.39 is 5.97 Å². The van der Waals surface area contributed by atoms with Crippen molar-refractivity contribution in [2.24, 2.45) is 0 Å². The fourth-order valence-electron chi connectivity index (χ4n) is 3.03. The number of aromatic nitrogens is 2. The van der Waals surface area contributed by atoms with Gasteiger partial charge >= 0.3 is 5.97 Å². The molecule has 0 bridgehead atoms. The number of rotatable bonds is 7. The second-order valence-electron chi connectivity index (χ2n) is 6.42. The molecule has 0 unspecified atom stereocenters. The van der Waals surface area contributed by atoms with Crippen LogP contribution in [0.5, 0.6) is 11.6 Å². The van der Waals surface area contributed by atoms with Crippen LogP contribution in [0.4, 0.5) is 0 Å². The van der Waals surface area contributed by atoms with E-state index in [9.17, 15) is 9.59 Å². The van der Waals surface area contributed by atoms with Gasteiger partial charge in [0.25, 0.3) is 5.91 Å². The standard InChI is InChI=1S/C22H23N3O4/c1-4-17-19(22(27)28-3)14(2)20(25-17)21(26)24-13-15-10-11-23-18(12-15)29-16-8-6-5-7-9-16/h5-12,25H,4,13H2,1-3H3,(H,24,26). The Morgan fingerprint density at radius 2 is 1.93 bits per heavy atom. The molecule has 2 N–H and O–H groups in total. The third-order valence-electron chi connectivity index (χ3n) is 4.52. The van der Waals surface area contributed by atoms with E-state index in [0.29, 0.717) is 47.1 Å². The molecule has 0 aliphatic rings. The summed E-state index contributed by atoms with van der Waals surface area (Å²) >= 11 is 0. The lowest BCUT2D eigenvalue weighted by molar-refractivity contribution is 0.0599. The first-order valence-electron chi connectivity index (χ1n) is 9.29. The molecule has 0 fully saturated rings. The Labute approximate surface area is 169 Å². The zero-order valence-corrected chi connectivity index (χ0v) is 16.6. The zero-order valence-electron chi connectivity index (χ0n) is 16.6. The molecule has 29 heavy (non-hydrogen) atoms. The van der Waals surface area contributed by atoms with Gasteiger partial charge in [-0.25, -0.2) is 9.78 Å². The number of pyridine rings is 1. The van der Waals surface area contributed by atoms with Gasteiger partial charge in [0.15, 0.2) is 0 Å². The minimum absolute atomic E-state index is 0.292. The van der Waals surface area contributed by atoms with Crippen molar-refractivity contribution in [3.63, 3.8) is 0 Å². The monoisotopic (exact) mass is 393 g/mol. The molecule has 3 aromatic rings. The number of nitrogens with one attached hydrogen (secondary N) is 2. The van der Waals surface area contributed by atoms with E-state index in [1.54, 1.807) is 25.3 Å². The summed E-state index contributed by atoms with van der Waals surface area (Å²) in [7, 11) is 1.33. The second-order valence-corrected chi connectivity index (χ2v) is 6.42. The topological polar surface area (TPSA) is 93.3 Å². The van der Waals surface area contributed by atoms with Crippen molar-refractivity contribution < 1.29 is 19.1 Å². The Morgan fingerprint density at radius 1 is 1.17 bits per heavy atom. The van der Waals surface area contributed by atoms with Crippen molar-refractivity contribution in [1.82, 2.24) is 15.3 Å². The molecular formula is C22H23N3O4. The summed E-state index contributed by atoms with van der Waals surface area (Å²) in [4.78, 5) is 31.9. The van der Waals surface area contributed by atoms with Gasteiger partial charge in [0.1, 0.15) is 11.4 Å². The maximum Gasteiger partial charge on any atom is 0.339 e. The van der Waals surface area contributed by atoms with E-state index in [4.69, 9.17) is 9.47 Å². The number of hydrogen-bond acceptors (Lipinski definition) is 5. The summed E-state index contributed by atoms with van der Waals surface area (Å²) in [6.07, 6.45) is 2.22. The minimum atomic E-state index is -0.452. The van der Waals surface area contributed by atoms with E-state index in [-0.39, 0.29) is 5.91 Å². The lowest BCUT2D eigenvalue weighted by Gasteiger charge is -2.08.